The van der Waals surface area contributed by atoms with Gasteiger partial charge < -0.3 is 24.5 Å². The number of hydrogen-bond acceptors (Lipinski definition) is 6. The highest BCUT2D eigenvalue weighted by molar-refractivity contribution is 6.34. The van der Waals surface area contributed by atoms with E-state index in [2.05, 4.69) is 5.32 Å². The zero-order valence-electron chi connectivity index (χ0n) is 24.4. The number of rotatable bonds is 11. The maximum atomic E-state index is 15.4. The Hall–Kier alpha value is -3.31. The van der Waals surface area contributed by atoms with Crippen LogP contribution in [0.3, 0.4) is 0 Å². The molecule has 2 heterocycles. The van der Waals surface area contributed by atoms with Crippen LogP contribution in [0.2, 0.25) is 5.02 Å². The molecule has 0 bridgehead atoms. The van der Waals surface area contributed by atoms with E-state index >= 15 is 4.39 Å². The Kier molecular flexibility index (Phi) is 9.81. The highest BCUT2D eigenvalue weighted by Gasteiger charge is 2.38. The number of nitrogens with zero attached hydrogens (tertiary/aromatic N) is 2. The summed E-state index contributed by atoms with van der Waals surface area (Å²) in [5, 5.41) is 12.9. The minimum atomic E-state index is -0.919. The van der Waals surface area contributed by atoms with Gasteiger partial charge in [0.15, 0.2) is 12.0 Å². The number of ketones is 1. The number of carbonyl (C=O) groups is 3. The molecular formula is C32H37ClFN3O6. The molecule has 1 saturated heterocycles. The van der Waals surface area contributed by atoms with Gasteiger partial charge in [-0.1, -0.05) is 29.8 Å². The molecule has 11 heteroatoms. The number of halogens is 2. The van der Waals surface area contributed by atoms with Crippen molar-refractivity contribution in [3.8, 4) is 0 Å². The van der Waals surface area contributed by atoms with Crippen LogP contribution in [0.25, 0.3) is 10.9 Å². The van der Waals surface area contributed by atoms with Crippen molar-refractivity contribution in [3.05, 3.63) is 64.6 Å². The summed E-state index contributed by atoms with van der Waals surface area (Å²) < 4.78 is 29.0. The van der Waals surface area contributed by atoms with Gasteiger partial charge in [0.25, 0.3) is 5.91 Å². The van der Waals surface area contributed by atoms with Crippen LogP contribution >= 0.6 is 11.6 Å². The number of aromatic nitrogens is 1. The van der Waals surface area contributed by atoms with E-state index in [1.165, 1.54) is 6.07 Å². The van der Waals surface area contributed by atoms with Gasteiger partial charge in [0.1, 0.15) is 5.82 Å². The van der Waals surface area contributed by atoms with Gasteiger partial charge in [0.2, 0.25) is 0 Å². The van der Waals surface area contributed by atoms with Crippen molar-refractivity contribution >= 4 is 45.9 Å². The van der Waals surface area contributed by atoms with Crippen molar-refractivity contribution in [2.75, 3.05) is 25.6 Å². The molecule has 1 saturated carbocycles. The molecule has 1 aliphatic carbocycles. The van der Waals surface area contributed by atoms with Crippen LogP contribution in [0.15, 0.2) is 42.6 Å². The third-order valence-corrected chi connectivity index (χ3v) is 8.91. The Bertz CT molecular complexity index is 1500. The number of amides is 1. The maximum absolute atomic E-state index is 15.4. The number of nitrogens with one attached hydrogen (secondary N) is 1. The van der Waals surface area contributed by atoms with Crippen molar-refractivity contribution in [1.29, 1.82) is 0 Å². The van der Waals surface area contributed by atoms with E-state index in [9.17, 15) is 19.5 Å². The van der Waals surface area contributed by atoms with Gasteiger partial charge in [-0.15, -0.1) is 0 Å². The Morgan fingerprint density at radius 3 is 2.60 bits per heavy atom. The number of fused-ring (bicyclic) bond motifs is 1. The highest BCUT2D eigenvalue weighted by Crippen LogP contribution is 2.32. The third kappa shape index (κ3) is 6.93. The van der Waals surface area contributed by atoms with Crippen molar-refractivity contribution in [1.82, 2.24) is 9.47 Å². The molecule has 1 unspecified atom stereocenters. The van der Waals surface area contributed by atoms with Gasteiger partial charge in [0.05, 0.1) is 34.9 Å². The molecular weight excluding hydrogens is 577 g/mol. The number of carboxylic acids is 1. The van der Waals surface area contributed by atoms with Crippen LogP contribution in [-0.2, 0) is 32.5 Å². The molecule has 2 aliphatic rings. The maximum Gasteiger partial charge on any atom is 0.306 e. The normalized spacial score (nSPS) is 21.6. The number of anilines is 1. The van der Waals surface area contributed by atoms with Crippen LogP contribution in [-0.4, -0.2) is 70.9 Å². The molecule has 230 valence electrons. The summed E-state index contributed by atoms with van der Waals surface area (Å²) in [6.45, 7) is 1.07. The molecule has 2 aromatic carbocycles. The standard InChI is InChI=1S/C32H37ClFN3O6/c1-36-17-24(23-7-3-4-8-28(23)36)30(39)35-27-16-26(34)20(14-25(27)33)15-29(38)31(37-13-5-6-21(37)18-42-2)43-22-11-9-19(10-12-22)32(40)41/h3-4,7-8,14,16-17,19,21-22,31H,5-6,9-13,15,18H2,1-2H3,(H,35,39)(H,40,41)/t19?,21-,22?,31?/m0/s1. The summed E-state index contributed by atoms with van der Waals surface area (Å²) in [6, 6.07) is 9.97. The number of hydrogen-bond donors (Lipinski definition) is 2. The SMILES string of the molecule is COC[C@@H]1CCCN1C(OC1CCC(C(=O)O)CC1)C(=O)Cc1cc(Cl)c(NC(=O)c2cn(C)c3ccccc23)cc1F. The van der Waals surface area contributed by atoms with Gasteiger partial charge in [0, 0.05) is 50.3 Å². The zero-order valence-corrected chi connectivity index (χ0v) is 25.1. The molecule has 43 heavy (non-hydrogen) atoms. The summed E-state index contributed by atoms with van der Waals surface area (Å²) in [5.74, 6) is -2.62. The lowest BCUT2D eigenvalue weighted by Crippen LogP contribution is -2.49. The van der Waals surface area contributed by atoms with E-state index in [-0.39, 0.29) is 40.6 Å². The first-order chi connectivity index (χ1) is 20.7. The number of ether oxygens (including phenoxy) is 2. The number of Topliss-reactive ketones (excluding diaryl/α,β-unsaturated/α-hetero) is 1. The van der Waals surface area contributed by atoms with Crippen molar-refractivity contribution in [3.63, 3.8) is 0 Å². The van der Waals surface area contributed by atoms with Gasteiger partial charge in [-0.2, -0.15) is 0 Å². The molecule has 0 radical (unpaired) electrons. The molecule has 1 aliphatic heterocycles. The summed E-state index contributed by atoms with van der Waals surface area (Å²) in [7, 11) is 3.45. The number of aliphatic carboxylic acids is 1. The lowest BCUT2D eigenvalue weighted by Gasteiger charge is -2.36. The number of carboxylic acid groups (broad SMARTS) is 1. The summed E-state index contributed by atoms with van der Waals surface area (Å²) in [4.78, 5) is 40.2. The second-order valence-electron chi connectivity index (χ2n) is 11.5. The first-order valence-electron chi connectivity index (χ1n) is 14.6. The topological polar surface area (TPSA) is 110 Å². The van der Waals surface area contributed by atoms with Crippen LogP contribution < -0.4 is 5.32 Å². The summed E-state index contributed by atoms with van der Waals surface area (Å²) in [5.41, 5.74) is 1.53. The number of para-hydroxylation sites is 1. The summed E-state index contributed by atoms with van der Waals surface area (Å²) in [6.07, 6.45) is 4.03. The Morgan fingerprint density at radius 2 is 1.88 bits per heavy atom. The average Bonchev–Trinajstić information content (AvgIpc) is 3.59. The van der Waals surface area contributed by atoms with E-state index in [0.29, 0.717) is 44.4 Å². The largest absolute Gasteiger partial charge is 0.481 e. The fourth-order valence-corrected chi connectivity index (χ4v) is 6.55. The summed E-state index contributed by atoms with van der Waals surface area (Å²) >= 11 is 6.50. The minimum absolute atomic E-state index is 0.0191. The second kappa shape index (κ2) is 13.5. The fraction of sp³-hybridized carbons (Fsp3) is 0.469. The van der Waals surface area contributed by atoms with Crippen LogP contribution in [0, 0.1) is 11.7 Å². The molecule has 0 spiro atoms. The molecule has 3 aromatic rings. The minimum Gasteiger partial charge on any atom is -0.481 e. The first-order valence-corrected chi connectivity index (χ1v) is 15.0. The fourth-order valence-electron chi connectivity index (χ4n) is 6.31. The Labute approximate surface area is 254 Å². The Balaban J connectivity index is 1.32. The monoisotopic (exact) mass is 613 g/mol. The van der Waals surface area contributed by atoms with Crippen LogP contribution in [0.4, 0.5) is 10.1 Å². The van der Waals surface area contributed by atoms with Gasteiger partial charge in [-0.05, 0) is 62.3 Å². The number of methoxy groups -OCH3 is 1. The van der Waals surface area contributed by atoms with Crippen molar-refractivity contribution in [2.45, 2.75) is 63.3 Å². The number of benzene rings is 2. The predicted molar refractivity (Wildman–Crippen MR) is 161 cm³/mol. The predicted octanol–water partition coefficient (Wildman–Crippen LogP) is 5.43. The number of aryl methyl sites for hydroxylation is 1. The molecule has 5 rings (SSSR count). The van der Waals surface area contributed by atoms with Gasteiger partial charge in [-0.25, -0.2) is 4.39 Å². The quantitative estimate of drug-likeness (QED) is 0.297. The van der Waals surface area contributed by atoms with E-state index in [1.54, 1.807) is 13.3 Å². The molecule has 1 aromatic heterocycles. The first kappa shape index (κ1) is 31.1. The average molecular weight is 614 g/mol. The highest BCUT2D eigenvalue weighted by atomic mass is 35.5. The Morgan fingerprint density at radius 1 is 1.14 bits per heavy atom. The van der Waals surface area contributed by atoms with Crippen LogP contribution in [0.5, 0.6) is 0 Å². The molecule has 2 fully saturated rings. The van der Waals surface area contributed by atoms with Gasteiger partial charge >= 0.3 is 5.97 Å². The lowest BCUT2D eigenvalue weighted by molar-refractivity contribution is -0.161. The number of carbonyl (C=O) groups excluding carboxylic acids is 2. The molecule has 2 atom stereocenters. The smallest absolute Gasteiger partial charge is 0.306 e. The lowest BCUT2D eigenvalue weighted by atomic mass is 9.87. The van der Waals surface area contributed by atoms with E-state index in [1.807, 2.05) is 40.8 Å². The number of likely N-dealkylation sites (tertiary alicyclic amines) is 1. The second-order valence-corrected chi connectivity index (χ2v) is 11.9. The van der Waals surface area contributed by atoms with Crippen LogP contribution in [0.1, 0.15) is 54.4 Å². The van der Waals surface area contributed by atoms with Crippen molar-refractivity contribution < 1.29 is 33.4 Å². The van der Waals surface area contributed by atoms with E-state index in [0.717, 1.165) is 29.8 Å². The van der Waals surface area contributed by atoms with E-state index in [4.69, 9.17) is 21.1 Å². The van der Waals surface area contributed by atoms with Gasteiger partial charge in [-0.3, -0.25) is 19.3 Å². The molecule has 2 N–H and O–H groups in total. The molecule has 9 nitrogen and oxygen atoms in total. The van der Waals surface area contributed by atoms with Crippen molar-refractivity contribution in [2.24, 2.45) is 13.0 Å². The molecule has 1 amide bonds. The zero-order chi connectivity index (χ0) is 30.7. The van der Waals surface area contributed by atoms with E-state index < -0.39 is 29.8 Å². The third-order valence-electron chi connectivity index (χ3n) is 8.59.